The van der Waals surface area contributed by atoms with E-state index in [-0.39, 0.29) is 21.8 Å². The number of hydrogen-bond donors (Lipinski definition) is 1. The molecule has 0 bridgehead atoms. The molecule has 1 aliphatic rings. The Labute approximate surface area is 228 Å². The van der Waals surface area contributed by atoms with Crippen LogP contribution < -0.4 is 14.9 Å². The van der Waals surface area contributed by atoms with Crippen molar-refractivity contribution < 1.29 is 19.6 Å². The van der Waals surface area contributed by atoms with Crippen LogP contribution in [0.2, 0.25) is 0 Å². The highest BCUT2D eigenvalue weighted by molar-refractivity contribution is 9.10. The van der Waals surface area contributed by atoms with Crippen LogP contribution in [0.25, 0.3) is 6.08 Å². The first kappa shape index (κ1) is 26.8. The molecule has 0 aliphatic carbocycles. The van der Waals surface area contributed by atoms with Crippen LogP contribution in [0.15, 0.2) is 66.8 Å². The van der Waals surface area contributed by atoms with E-state index in [1.54, 1.807) is 32.5 Å². The van der Waals surface area contributed by atoms with E-state index in [0.29, 0.717) is 20.5 Å². The number of fused-ring (bicyclic) bond motifs is 1. The molecule has 0 spiro atoms. The Kier molecular flexibility index (Phi) is 7.72. The molecule has 0 saturated heterocycles. The quantitative estimate of drug-likeness (QED) is 0.193. The SMILES string of the molecule is CSc1ccc([C@H]2C(C(=O)OC(C)C)=C(C)N=c3s/c(=C\c4cc(Br)cc([N+](=O)[O-])c4O)c(=O)n32)cc1. The summed E-state index contributed by atoms with van der Waals surface area (Å²) in [6, 6.07) is 9.42. The van der Waals surface area contributed by atoms with Gasteiger partial charge in [0.25, 0.3) is 5.56 Å². The molecule has 1 aliphatic heterocycles. The molecular weight excluding hydrogens is 582 g/mol. The van der Waals surface area contributed by atoms with Gasteiger partial charge in [0.1, 0.15) is 0 Å². The second-order valence-corrected chi connectivity index (χ2v) is 11.2. The summed E-state index contributed by atoms with van der Waals surface area (Å²) in [6.07, 6.45) is 2.97. The van der Waals surface area contributed by atoms with Crippen molar-refractivity contribution in [3.05, 3.63) is 93.1 Å². The van der Waals surface area contributed by atoms with Gasteiger partial charge < -0.3 is 9.84 Å². The minimum Gasteiger partial charge on any atom is -0.502 e. The molecule has 0 saturated carbocycles. The number of carbonyl (C=O) groups excluding carboxylic acids is 1. The van der Waals surface area contributed by atoms with Crippen LogP contribution >= 0.6 is 39.0 Å². The zero-order chi connectivity index (χ0) is 27.0. The van der Waals surface area contributed by atoms with E-state index in [1.807, 2.05) is 30.5 Å². The molecule has 0 fully saturated rings. The van der Waals surface area contributed by atoms with Gasteiger partial charge in [-0.1, -0.05) is 39.4 Å². The maximum Gasteiger partial charge on any atom is 0.338 e. The van der Waals surface area contributed by atoms with E-state index in [1.165, 1.54) is 22.8 Å². The van der Waals surface area contributed by atoms with Gasteiger partial charge in [-0.05, 0) is 56.9 Å². The number of nitro groups is 1. The lowest BCUT2D eigenvalue weighted by molar-refractivity contribution is -0.385. The van der Waals surface area contributed by atoms with Gasteiger partial charge in [-0.3, -0.25) is 19.5 Å². The zero-order valence-corrected chi connectivity index (χ0v) is 23.4. The van der Waals surface area contributed by atoms with E-state index >= 15 is 0 Å². The number of phenolic OH excluding ortho intramolecular Hbond substituents is 1. The number of phenols is 1. The predicted octanol–water partition coefficient (Wildman–Crippen LogP) is 4.29. The fourth-order valence-electron chi connectivity index (χ4n) is 3.96. The second-order valence-electron chi connectivity index (χ2n) is 8.43. The highest BCUT2D eigenvalue weighted by Gasteiger charge is 2.34. The van der Waals surface area contributed by atoms with E-state index in [2.05, 4.69) is 20.9 Å². The molecule has 3 aromatic rings. The van der Waals surface area contributed by atoms with Crippen LogP contribution in [0.1, 0.15) is 37.9 Å². The number of halogens is 1. The summed E-state index contributed by atoms with van der Waals surface area (Å²) in [5, 5.41) is 21.8. The Hall–Kier alpha value is -3.22. The fraction of sp³-hybridized carbons (Fsp3) is 0.240. The molecule has 0 unspecified atom stereocenters. The van der Waals surface area contributed by atoms with Gasteiger partial charge in [0.15, 0.2) is 4.80 Å². The Morgan fingerprint density at radius 3 is 2.59 bits per heavy atom. The predicted molar refractivity (Wildman–Crippen MR) is 146 cm³/mol. The van der Waals surface area contributed by atoms with Crippen molar-refractivity contribution in [2.75, 3.05) is 6.26 Å². The molecule has 1 aromatic heterocycles. The number of aromatic hydroxyl groups is 1. The van der Waals surface area contributed by atoms with Gasteiger partial charge in [0.05, 0.1) is 32.9 Å². The molecule has 0 radical (unpaired) electrons. The van der Waals surface area contributed by atoms with Gasteiger partial charge in [0.2, 0.25) is 5.75 Å². The third-order valence-corrected chi connectivity index (χ3v) is 7.77. The maximum absolute atomic E-state index is 13.7. The van der Waals surface area contributed by atoms with Crippen molar-refractivity contribution in [3.63, 3.8) is 0 Å². The monoisotopic (exact) mass is 603 g/mol. The number of aromatic nitrogens is 1. The van der Waals surface area contributed by atoms with Crippen molar-refractivity contribution in [1.29, 1.82) is 0 Å². The number of thioether (sulfide) groups is 1. The Balaban J connectivity index is 1.97. The Morgan fingerprint density at radius 2 is 2.00 bits per heavy atom. The van der Waals surface area contributed by atoms with Gasteiger partial charge in [-0.2, -0.15) is 0 Å². The third-order valence-electron chi connectivity index (χ3n) is 5.58. The first-order valence-corrected chi connectivity index (χ1v) is 13.9. The van der Waals surface area contributed by atoms with Crippen molar-refractivity contribution >= 4 is 56.8 Å². The van der Waals surface area contributed by atoms with Gasteiger partial charge >= 0.3 is 11.7 Å². The molecule has 1 atom stereocenters. The van der Waals surface area contributed by atoms with E-state index in [0.717, 1.165) is 16.2 Å². The molecule has 2 heterocycles. The van der Waals surface area contributed by atoms with E-state index in [4.69, 9.17) is 4.74 Å². The van der Waals surface area contributed by atoms with Crippen molar-refractivity contribution in [1.82, 2.24) is 4.57 Å². The number of thiazole rings is 1. The maximum atomic E-state index is 13.7. The minimum atomic E-state index is -0.786. The average Bonchev–Trinajstić information content (AvgIpc) is 3.14. The fourth-order valence-corrected chi connectivity index (χ4v) is 5.87. The van der Waals surface area contributed by atoms with Crippen molar-refractivity contribution in [3.8, 4) is 5.75 Å². The van der Waals surface area contributed by atoms with Gasteiger partial charge in [0, 0.05) is 21.0 Å². The number of allylic oxidation sites excluding steroid dienone is 1. The van der Waals surface area contributed by atoms with Crippen LogP contribution in [0.4, 0.5) is 5.69 Å². The number of carbonyl (C=O) groups is 1. The number of nitrogens with zero attached hydrogens (tertiary/aromatic N) is 3. The molecule has 192 valence electrons. The summed E-state index contributed by atoms with van der Waals surface area (Å²) >= 11 is 5.85. The van der Waals surface area contributed by atoms with Crippen LogP contribution in [-0.2, 0) is 9.53 Å². The van der Waals surface area contributed by atoms with Gasteiger partial charge in [-0.25, -0.2) is 9.79 Å². The van der Waals surface area contributed by atoms with Crippen molar-refractivity contribution in [2.45, 2.75) is 37.8 Å². The molecule has 1 N–H and O–H groups in total. The number of esters is 1. The van der Waals surface area contributed by atoms with Crippen molar-refractivity contribution in [2.24, 2.45) is 4.99 Å². The standard InChI is InChI=1S/C25H22BrN3O6S2/c1-12(2)35-24(32)20-13(3)27-25-28(21(20)14-5-7-17(36-4)8-6-14)23(31)19(37-25)10-15-9-16(26)11-18(22(15)30)29(33)34/h5-12,21,30H,1-4H3/b19-10-/t21-/m0/s1. The molecular formula is C25H22BrN3O6S2. The lowest BCUT2D eigenvalue weighted by Crippen LogP contribution is -2.40. The van der Waals surface area contributed by atoms with E-state index in [9.17, 15) is 24.8 Å². The summed E-state index contributed by atoms with van der Waals surface area (Å²) in [5.41, 5.74) is 0.546. The average molecular weight is 605 g/mol. The Bertz CT molecular complexity index is 1620. The number of rotatable bonds is 6. The molecule has 0 amide bonds. The molecule has 9 nitrogen and oxygen atoms in total. The summed E-state index contributed by atoms with van der Waals surface area (Å²) in [5.74, 6) is -1.12. The third kappa shape index (κ3) is 5.27. The largest absolute Gasteiger partial charge is 0.502 e. The lowest BCUT2D eigenvalue weighted by atomic mass is 9.96. The Morgan fingerprint density at radius 1 is 1.32 bits per heavy atom. The lowest BCUT2D eigenvalue weighted by Gasteiger charge is -2.25. The topological polar surface area (TPSA) is 124 Å². The van der Waals surface area contributed by atoms with Crippen LogP contribution in [0.5, 0.6) is 5.75 Å². The van der Waals surface area contributed by atoms with Gasteiger partial charge in [-0.15, -0.1) is 11.8 Å². The van der Waals surface area contributed by atoms with E-state index < -0.39 is 33.9 Å². The second kappa shape index (κ2) is 10.6. The molecule has 2 aromatic carbocycles. The highest BCUT2D eigenvalue weighted by atomic mass is 79.9. The molecule has 37 heavy (non-hydrogen) atoms. The molecule has 4 rings (SSSR count). The normalized spacial score (nSPS) is 15.5. The summed E-state index contributed by atoms with van der Waals surface area (Å²) in [6.45, 7) is 5.19. The number of ether oxygens (including phenoxy) is 1. The van der Waals surface area contributed by atoms with Crippen LogP contribution in [-0.4, -0.2) is 32.9 Å². The van der Waals surface area contributed by atoms with Crippen LogP contribution in [0, 0.1) is 10.1 Å². The summed E-state index contributed by atoms with van der Waals surface area (Å²) in [4.78, 5) is 43.4. The number of hydrogen-bond acceptors (Lipinski definition) is 9. The summed E-state index contributed by atoms with van der Waals surface area (Å²) < 4.78 is 7.49. The molecule has 12 heteroatoms. The minimum absolute atomic E-state index is 0.0994. The first-order chi connectivity index (χ1) is 17.5. The van der Waals surface area contributed by atoms with Crippen LogP contribution in [0.3, 0.4) is 0 Å². The smallest absolute Gasteiger partial charge is 0.338 e. The first-order valence-electron chi connectivity index (χ1n) is 11.1. The number of benzene rings is 2. The zero-order valence-electron chi connectivity index (χ0n) is 20.2. The highest BCUT2D eigenvalue weighted by Crippen LogP contribution is 2.34. The number of nitro benzene ring substituents is 1. The summed E-state index contributed by atoms with van der Waals surface area (Å²) in [7, 11) is 0.